The van der Waals surface area contributed by atoms with Crippen molar-refractivity contribution >= 4 is 5.95 Å². The number of aromatic nitrogens is 5. The second kappa shape index (κ2) is 10.1. The van der Waals surface area contributed by atoms with E-state index in [9.17, 15) is 19.4 Å². The van der Waals surface area contributed by atoms with Crippen LogP contribution in [0.5, 0.6) is 11.8 Å². The van der Waals surface area contributed by atoms with Crippen LogP contribution in [0.4, 0.5) is 10.3 Å². The fraction of sp³-hybridized carbons (Fsp3) is 0.370. The molecule has 0 radical (unpaired) electrons. The molecule has 1 saturated carbocycles. The molecule has 0 atom stereocenters. The van der Waals surface area contributed by atoms with Gasteiger partial charge in [0.2, 0.25) is 5.95 Å². The van der Waals surface area contributed by atoms with E-state index in [-0.39, 0.29) is 41.3 Å². The molecule has 1 fully saturated rings. The molecular formula is C27H31FN6O3. The maximum absolute atomic E-state index is 13.6. The van der Waals surface area contributed by atoms with Gasteiger partial charge in [0.1, 0.15) is 5.82 Å². The van der Waals surface area contributed by atoms with Crippen LogP contribution in [-0.2, 0) is 6.54 Å². The molecule has 37 heavy (non-hydrogen) atoms. The predicted octanol–water partition coefficient (Wildman–Crippen LogP) is 4.70. The summed E-state index contributed by atoms with van der Waals surface area (Å²) in [5.41, 5.74) is 1.53. The van der Waals surface area contributed by atoms with Gasteiger partial charge in [-0.05, 0) is 61.9 Å². The molecule has 9 nitrogen and oxygen atoms in total. The lowest BCUT2D eigenvalue weighted by atomic mass is 9.91. The zero-order valence-corrected chi connectivity index (χ0v) is 20.9. The molecule has 3 N–H and O–H groups in total. The molecule has 0 unspecified atom stereocenters. The van der Waals surface area contributed by atoms with Crippen molar-refractivity contribution < 1.29 is 14.6 Å². The fourth-order valence-electron chi connectivity index (χ4n) is 5.07. The molecule has 3 aromatic heterocycles. The van der Waals surface area contributed by atoms with Gasteiger partial charge in [0.05, 0.1) is 17.1 Å². The minimum atomic E-state index is -0.370. The third-order valence-corrected chi connectivity index (χ3v) is 6.79. The first-order chi connectivity index (χ1) is 17.8. The molecule has 0 aliphatic heterocycles. The molecule has 1 aromatic carbocycles. The quantitative estimate of drug-likeness (QED) is 0.335. The normalized spacial score (nSPS) is 17.8. The van der Waals surface area contributed by atoms with E-state index in [1.165, 1.54) is 24.3 Å². The van der Waals surface area contributed by atoms with Crippen molar-refractivity contribution in [3.8, 4) is 28.8 Å². The van der Waals surface area contributed by atoms with Crippen LogP contribution in [0.3, 0.4) is 0 Å². The van der Waals surface area contributed by atoms with Crippen molar-refractivity contribution in [3.63, 3.8) is 0 Å². The maximum atomic E-state index is 13.6. The monoisotopic (exact) mass is 506 g/mol. The Balaban J connectivity index is 1.39. The Bertz CT molecular complexity index is 1410. The Morgan fingerprint density at radius 1 is 1.03 bits per heavy atom. The van der Waals surface area contributed by atoms with Crippen LogP contribution in [-0.4, -0.2) is 39.9 Å². The summed E-state index contributed by atoms with van der Waals surface area (Å²) in [4.78, 5) is 22.4. The van der Waals surface area contributed by atoms with Crippen LogP contribution in [0.1, 0.15) is 45.6 Å². The predicted molar refractivity (Wildman–Crippen MR) is 139 cm³/mol. The van der Waals surface area contributed by atoms with Gasteiger partial charge >= 0.3 is 5.69 Å². The average molecular weight is 507 g/mol. The Morgan fingerprint density at radius 2 is 1.70 bits per heavy atom. The largest absolute Gasteiger partial charge is 0.494 e. The van der Waals surface area contributed by atoms with Crippen molar-refractivity contribution in [1.82, 2.24) is 23.7 Å². The van der Waals surface area contributed by atoms with Gasteiger partial charge in [-0.3, -0.25) is 13.7 Å². The number of rotatable bonds is 7. The highest BCUT2D eigenvalue weighted by molar-refractivity contribution is 5.59. The van der Waals surface area contributed by atoms with E-state index < -0.39 is 0 Å². The van der Waals surface area contributed by atoms with E-state index in [0.29, 0.717) is 29.6 Å². The van der Waals surface area contributed by atoms with Crippen molar-refractivity contribution in [2.45, 2.75) is 58.2 Å². The fourth-order valence-corrected chi connectivity index (χ4v) is 5.07. The Kier molecular flexibility index (Phi) is 6.73. The summed E-state index contributed by atoms with van der Waals surface area (Å²) in [6.45, 7) is 4.63. The lowest BCUT2D eigenvalue weighted by Gasteiger charge is -2.30. The maximum Gasteiger partial charge on any atom is 0.333 e. The van der Waals surface area contributed by atoms with Crippen LogP contribution in [0.15, 0.2) is 59.7 Å². The number of nitrogens with zero attached hydrogens (tertiary/aromatic N) is 5. The minimum Gasteiger partial charge on any atom is -0.494 e. The summed E-state index contributed by atoms with van der Waals surface area (Å²) < 4.78 is 18.4. The van der Waals surface area contributed by atoms with E-state index in [2.05, 4.69) is 10.3 Å². The lowest BCUT2D eigenvalue weighted by molar-refractivity contribution is 0.273. The molecule has 10 heteroatoms. The van der Waals surface area contributed by atoms with Gasteiger partial charge in [0.15, 0.2) is 11.8 Å². The number of nitrogens with one attached hydrogen (secondary N) is 1. The van der Waals surface area contributed by atoms with Gasteiger partial charge in [-0.15, -0.1) is 0 Å². The molecule has 1 aliphatic carbocycles. The topological polar surface area (TPSA) is 110 Å². The summed E-state index contributed by atoms with van der Waals surface area (Å²) in [5.74, 6) is 0.499. The van der Waals surface area contributed by atoms with Crippen molar-refractivity contribution in [1.29, 1.82) is 0 Å². The smallest absolute Gasteiger partial charge is 0.333 e. The van der Waals surface area contributed by atoms with Crippen molar-refractivity contribution in [3.05, 3.63) is 71.2 Å². The van der Waals surface area contributed by atoms with Crippen LogP contribution < -0.4 is 11.0 Å². The highest BCUT2D eigenvalue weighted by Crippen LogP contribution is 2.36. The van der Waals surface area contributed by atoms with Crippen molar-refractivity contribution in [2.75, 3.05) is 5.32 Å². The zero-order valence-electron chi connectivity index (χ0n) is 20.9. The standard InChI is InChI=1S/C27H31FN6O3/c1-17(2)15-32-16-23(33(27(32)37)20-7-3-18(28)4-8-20)22-13-14-29-26(31-22)30-19-5-9-21(10-6-19)34-24(35)11-12-25(34)36/h3-4,7-8,11-14,16-17,19,21,35-36H,5-6,9-10,15H2,1-2H3,(H,29,30,31). The van der Waals surface area contributed by atoms with Gasteiger partial charge in [0, 0.05) is 43.2 Å². The van der Waals surface area contributed by atoms with E-state index in [4.69, 9.17) is 4.98 Å². The highest BCUT2D eigenvalue weighted by atomic mass is 19.1. The van der Waals surface area contributed by atoms with Crippen LogP contribution in [0, 0.1) is 11.7 Å². The molecule has 194 valence electrons. The van der Waals surface area contributed by atoms with Gasteiger partial charge < -0.3 is 15.5 Å². The number of anilines is 1. The number of imidazole rings is 1. The first-order valence-corrected chi connectivity index (χ1v) is 12.6. The molecule has 0 amide bonds. The number of halogens is 1. The lowest BCUT2D eigenvalue weighted by Crippen LogP contribution is -2.28. The zero-order chi connectivity index (χ0) is 26.1. The van der Waals surface area contributed by atoms with Gasteiger partial charge in [-0.1, -0.05) is 13.8 Å². The first kappa shape index (κ1) is 24.6. The van der Waals surface area contributed by atoms with Gasteiger partial charge in [-0.25, -0.2) is 19.2 Å². The first-order valence-electron chi connectivity index (χ1n) is 12.6. The van der Waals surface area contributed by atoms with Crippen LogP contribution >= 0.6 is 0 Å². The molecular weight excluding hydrogens is 475 g/mol. The van der Waals surface area contributed by atoms with E-state index in [0.717, 1.165) is 25.7 Å². The van der Waals surface area contributed by atoms with Crippen LogP contribution in [0.2, 0.25) is 0 Å². The number of hydrogen-bond acceptors (Lipinski definition) is 6. The van der Waals surface area contributed by atoms with E-state index >= 15 is 0 Å². The average Bonchev–Trinajstić information content (AvgIpc) is 3.38. The summed E-state index contributed by atoms with van der Waals surface area (Å²) in [5, 5.41) is 23.5. The Labute approximate surface area is 213 Å². The molecule has 0 spiro atoms. The molecule has 0 saturated heterocycles. The minimum absolute atomic E-state index is 0.0335. The molecule has 1 aliphatic rings. The number of hydrogen-bond donors (Lipinski definition) is 3. The summed E-state index contributed by atoms with van der Waals surface area (Å²) in [6.07, 6.45) is 6.66. The van der Waals surface area contributed by atoms with Gasteiger partial charge in [0.25, 0.3) is 0 Å². The molecule has 4 aromatic rings. The van der Waals surface area contributed by atoms with E-state index in [1.807, 2.05) is 13.8 Å². The summed E-state index contributed by atoms with van der Waals surface area (Å²) in [6, 6.07) is 10.8. The molecule has 5 rings (SSSR count). The van der Waals surface area contributed by atoms with E-state index in [1.54, 1.807) is 44.3 Å². The van der Waals surface area contributed by atoms with Crippen LogP contribution in [0.25, 0.3) is 17.1 Å². The number of benzene rings is 1. The summed E-state index contributed by atoms with van der Waals surface area (Å²) in [7, 11) is 0. The highest BCUT2D eigenvalue weighted by Gasteiger charge is 2.26. The van der Waals surface area contributed by atoms with Crippen molar-refractivity contribution in [2.24, 2.45) is 5.92 Å². The Morgan fingerprint density at radius 3 is 2.35 bits per heavy atom. The third-order valence-electron chi connectivity index (χ3n) is 6.79. The second-order valence-corrected chi connectivity index (χ2v) is 9.99. The SMILES string of the molecule is CC(C)Cn1cc(-c2ccnc(NC3CCC(n4c(O)ccc4O)CC3)n2)n(-c2ccc(F)cc2)c1=O. The number of aromatic hydroxyl groups is 2. The third kappa shape index (κ3) is 5.09. The summed E-state index contributed by atoms with van der Waals surface area (Å²) >= 11 is 0. The Hall–Kier alpha value is -4.08. The molecule has 0 bridgehead atoms. The molecule has 3 heterocycles. The van der Waals surface area contributed by atoms with Gasteiger partial charge in [-0.2, -0.15) is 0 Å². The second-order valence-electron chi connectivity index (χ2n) is 9.99.